The van der Waals surface area contributed by atoms with Crippen LogP contribution in [0.15, 0.2) is 66.9 Å². The molecule has 5 nitrogen and oxygen atoms in total. The average molecular weight is 415 g/mol. The minimum Gasteiger partial charge on any atom is -0.383 e. The van der Waals surface area contributed by atoms with Gasteiger partial charge >= 0.3 is 0 Å². The quantitative estimate of drug-likeness (QED) is 0.464. The second kappa shape index (κ2) is 8.90. The molecule has 4 aromatic rings. The van der Waals surface area contributed by atoms with E-state index in [1.165, 1.54) is 22.3 Å². The highest BCUT2D eigenvalue weighted by Crippen LogP contribution is 2.25. The third-order valence-corrected chi connectivity index (χ3v) is 5.97. The Kier molecular flexibility index (Phi) is 6.05. The van der Waals surface area contributed by atoms with E-state index in [9.17, 15) is 0 Å². The zero-order chi connectivity index (χ0) is 22.0. The van der Waals surface area contributed by atoms with Crippen molar-refractivity contribution in [2.24, 2.45) is 0 Å². The summed E-state index contributed by atoms with van der Waals surface area (Å²) in [6.45, 7) is 6.84. The van der Waals surface area contributed by atoms with Gasteiger partial charge in [-0.1, -0.05) is 59.7 Å². The van der Waals surface area contributed by atoms with Gasteiger partial charge in [-0.15, -0.1) is 0 Å². The topological polar surface area (TPSA) is 55.8 Å². The van der Waals surface area contributed by atoms with E-state index in [-0.39, 0.29) is 12.1 Å². The van der Waals surface area contributed by atoms with Crippen LogP contribution in [0.2, 0.25) is 0 Å². The van der Waals surface area contributed by atoms with Crippen molar-refractivity contribution in [1.82, 2.24) is 14.1 Å². The van der Waals surface area contributed by atoms with Gasteiger partial charge in [0.1, 0.15) is 0 Å². The lowest BCUT2D eigenvalue weighted by molar-refractivity contribution is 0.153. The molecular weight excluding hydrogens is 384 g/mol. The van der Waals surface area contributed by atoms with Crippen LogP contribution in [0, 0.1) is 19.3 Å². The number of methoxy groups -OCH3 is 1. The number of nitrogens with zero attached hydrogens (tertiary/aromatic N) is 3. The van der Waals surface area contributed by atoms with Crippen LogP contribution in [0.5, 0.6) is 0 Å². The Labute approximate surface area is 183 Å². The van der Waals surface area contributed by atoms with Gasteiger partial charge in [0.25, 0.3) is 0 Å². The lowest BCUT2D eigenvalue weighted by Crippen LogP contribution is -2.32. The number of hydrogen-bond donors (Lipinski definition) is 1. The first-order chi connectivity index (χ1) is 15.0. The smallest absolute Gasteiger partial charge is 0.205 e. The minimum atomic E-state index is -0.0240. The van der Waals surface area contributed by atoms with Gasteiger partial charge in [0, 0.05) is 13.3 Å². The van der Waals surface area contributed by atoms with E-state index < -0.39 is 0 Å². The summed E-state index contributed by atoms with van der Waals surface area (Å²) >= 11 is 0. The molecule has 1 unspecified atom stereocenters. The Morgan fingerprint density at radius 1 is 0.935 bits per heavy atom. The summed E-state index contributed by atoms with van der Waals surface area (Å²) in [7, 11) is 1.72. The van der Waals surface area contributed by atoms with Crippen molar-refractivity contribution >= 4 is 11.2 Å². The predicted octanol–water partition coefficient (Wildman–Crippen LogP) is 4.97. The fourth-order valence-electron chi connectivity index (χ4n) is 4.24. The summed E-state index contributed by atoms with van der Waals surface area (Å²) in [4.78, 5) is 4.68. The molecule has 2 aromatic heterocycles. The predicted molar refractivity (Wildman–Crippen MR) is 124 cm³/mol. The fraction of sp³-hybridized carbons (Fsp3) is 0.308. The van der Waals surface area contributed by atoms with Crippen molar-refractivity contribution in [2.45, 2.75) is 39.3 Å². The van der Waals surface area contributed by atoms with Crippen molar-refractivity contribution in [2.75, 3.05) is 13.7 Å². The number of rotatable bonds is 7. The Morgan fingerprint density at radius 3 is 2.23 bits per heavy atom. The number of fused-ring (bicyclic) bond motifs is 1. The molecule has 160 valence electrons. The molecular formula is C26H30N4O. The zero-order valence-electron chi connectivity index (χ0n) is 18.7. The molecule has 0 saturated heterocycles. The second-order valence-electron chi connectivity index (χ2n) is 8.30. The molecule has 0 bridgehead atoms. The van der Waals surface area contributed by atoms with Crippen LogP contribution < -0.4 is 5.62 Å². The molecule has 31 heavy (non-hydrogen) atoms. The van der Waals surface area contributed by atoms with Crippen molar-refractivity contribution in [1.29, 1.82) is 5.41 Å². The van der Waals surface area contributed by atoms with Gasteiger partial charge in [-0.2, -0.15) is 0 Å². The molecule has 0 aliphatic rings. The SMILES string of the molecule is COC[C@H](Cc1ccc(C)cc1)n1c(=N)n(C(C)c2ccc(C)cc2)c2cccnc21. The summed E-state index contributed by atoms with van der Waals surface area (Å²) in [6.07, 6.45) is 2.58. The number of aryl methyl sites for hydroxylation is 2. The number of nitrogens with one attached hydrogen (secondary N) is 1. The number of aromatic nitrogens is 3. The van der Waals surface area contributed by atoms with E-state index in [0.29, 0.717) is 12.2 Å². The van der Waals surface area contributed by atoms with E-state index in [2.05, 4.69) is 84.9 Å². The third-order valence-electron chi connectivity index (χ3n) is 5.97. The van der Waals surface area contributed by atoms with E-state index >= 15 is 0 Å². The minimum absolute atomic E-state index is 0.0172. The molecule has 0 fully saturated rings. The first-order valence-corrected chi connectivity index (χ1v) is 10.7. The number of hydrogen-bond acceptors (Lipinski definition) is 3. The maximum Gasteiger partial charge on any atom is 0.205 e. The highest BCUT2D eigenvalue weighted by molar-refractivity contribution is 5.72. The fourth-order valence-corrected chi connectivity index (χ4v) is 4.24. The number of pyridine rings is 1. The third kappa shape index (κ3) is 4.19. The van der Waals surface area contributed by atoms with Crippen LogP contribution in [0.1, 0.15) is 41.3 Å². The monoisotopic (exact) mass is 414 g/mol. The number of ether oxygens (including phenoxy) is 1. The molecule has 1 N–H and O–H groups in total. The van der Waals surface area contributed by atoms with Crippen LogP contribution in [0.4, 0.5) is 0 Å². The lowest BCUT2D eigenvalue weighted by Gasteiger charge is -2.19. The molecule has 0 aliphatic carbocycles. The molecule has 2 atom stereocenters. The molecule has 2 heterocycles. The molecule has 0 saturated carbocycles. The Bertz CT molecular complexity index is 1220. The summed E-state index contributed by atoms with van der Waals surface area (Å²) in [5.41, 5.74) is 7.10. The van der Waals surface area contributed by atoms with E-state index in [1.54, 1.807) is 13.3 Å². The molecule has 0 amide bonds. The van der Waals surface area contributed by atoms with Crippen molar-refractivity contribution in [3.63, 3.8) is 0 Å². The van der Waals surface area contributed by atoms with Gasteiger partial charge in [-0.25, -0.2) is 4.98 Å². The Balaban J connectivity index is 1.83. The van der Waals surface area contributed by atoms with Gasteiger partial charge in [0.05, 0.1) is 24.2 Å². The first-order valence-electron chi connectivity index (χ1n) is 10.7. The van der Waals surface area contributed by atoms with Gasteiger partial charge in [0.2, 0.25) is 5.62 Å². The normalized spacial score (nSPS) is 13.4. The van der Waals surface area contributed by atoms with Crippen LogP contribution >= 0.6 is 0 Å². The van der Waals surface area contributed by atoms with Gasteiger partial charge in [-0.05, 0) is 50.5 Å². The van der Waals surface area contributed by atoms with Crippen molar-refractivity contribution in [3.05, 3.63) is 94.7 Å². The Hall–Kier alpha value is -3.18. The van der Waals surface area contributed by atoms with E-state index in [1.807, 2.05) is 10.6 Å². The zero-order valence-corrected chi connectivity index (χ0v) is 18.7. The standard InChI is InChI=1S/C26H30N4O/c1-18-7-11-21(12-8-18)16-23(17-31-4)30-25-24(6-5-15-28-25)29(26(30)27)20(3)22-13-9-19(2)10-14-22/h5-15,20,23,27H,16-17H2,1-4H3/t20?,23-/m0/s1. The average Bonchev–Trinajstić information content (AvgIpc) is 3.06. The number of benzene rings is 2. The molecule has 4 rings (SSSR count). The maximum absolute atomic E-state index is 9.14. The molecule has 0 radical (unpaired) electrons. The van der Waals surface area contributed by atoms with Gasteiger partial charge in [-0.3, -0.25) is 9.98 Å². The van der Waals surface area contributed by atoms with E-state index in [0.717, 1.165) is 17.6 Å². The van der Waals surface area contributed by atoms with Gasteiger partial charge < -0.3 is 9.30 Å². The van der Waals surface area contributed by atoms with Crippen LogP contribution in [-0.4, -0.2) is 27.8 Å². The highest BCUT2D eigenvalue weighted by atomic mass is 16.5. The number of imidazole rings is 1. The summed E-state index contributed by atoms with van der Waals surface area (Å²) in [5.74, 6) is 0. The van der Waals surface area contributed by atoms with Crippen LogP contribution in [-0.2, 0) is 11.2 Å². The van der Waals surface area contributed by atoms with E-state index in [4.69, 9.17) is 10.1 Å². The molecule has 2 aromatic carbocycles. The summed E-state index contributed by atoms with van der Waals surface area (Å²) in [5, 5.41) is 9.14. The van der Waals surface area contributed by atoms with Gasteiger partial charge in [0.15, 0.2) is 5.65 Å². The molecule has 5 heteroatoms. The molecule has 0 spiro atoms. The molecule has 0 aliphatic heterocycles. The highest BCUT2D eigenvalue weighted by Gasteiger charge is 2.23. The summed E-state index contributed by atoms with van der Waals surface area (Å²) < 4.78 is 9.69. The second-order valence-corrected chi connectivity index (χ2v) is 8.30. The van der Waals surface area contributed by atoms with Crippen LogP contribution in [0.3, 0.4) is 0 Å². The van der Waals surface area contributed by atoms with Crippen LogP contribution in [0.25, 0.3) is 11.2 Å². The summed E-state index contributed by atoms with van der Waals surface area (Å²) in [6, 6.07) is 21.1. The maximum atomic E-state index is 9.14. The van der Waals surface area contributed by atoms with Crippen molar-refractivity contribution < 1.29 is 4.74 Å². The lowest BCUT2D eigenvalue weighted by atomic mass is 10.0. The largest absolute Gasteiger partial charge is 0.383 e. The Morgan fingerprint density at radius 2 is 1.58 bits per heavy atom. The first kappa shape index (κ1) is 21.1. The van der Waals surface area contributed by atoms with Crippen molar-refractivity contribution in [3.8, 4) is 0 Å².